The summed E-state index contributed by atoms with van der Waals surface area (Å²) in [6.45, 7) is 0. The Balaban J connectivity index is 1.85. The average molecular weight is 405 g/mol. The van der Waals surface area contributed by atoms with Crippen LogP contribution in [0, 0.1) is 0 Å². The second-order valence-corrected chi connectivity index (χ2v) is 7.12. The smallest absolute Gasteiger partial charge is 0.225 e. The van der Waals surface area contributed by atoms with Crippen LogP contribution >= 0.6 is 34.8 Å². The van der Waals surface area contributed by atoms with E-state index in [2.05, 4.69) is 5.32 Å². The Morgan fingerprint density at radius 2 is 1.27 bits per heavy atom. The van der Waals surface area contributed by atoms with Gasteiger partial charge in [-0.3, -0.25) is 4.79 Å². The van der Waals surface area contributed by atoms with Crippen LogP contribution in [0.4, 0.5) is 5.69 Å². The number of carbonyl (C=O) groups is 1. The monoisotopic (exact) mass is 403 g/mol. The Labute approximate surface area is 167 Å². The molecular formula is C21H16Cl3NO. The highest BCUT2D eigenvalue weighted by Gasteiger charge is 2.19. The molecule has 0 aliphatic rings. The third kappa shape index (κ3) is 4.59. The number of carbonyl (C=O) groups excluding carboxylic acids is 1. The minimum Gasteiger partial charge on any atom is -0.324 e. The molecule has 0 saturated carbocycles. The Bertz CT molecular complexity index is 835. The SMILES string of the molecule is O=C(CC(c1ccccc1)c1ccccc1)Nc1c(Cl)cc(Cl)cc1Cl. The molecule has 0 unspecified atom stereocenters. The van der Waals surface area contributed by atoms with Crippen LogP contribution in [0.15, 0.2) is 72.8 Å². The van der Waals surface area contributed by atoms with Crippen molar-refractivity contribution < 1.29 is 4.79 Å². The van der Waals surface area contributed by atoms with Crippen LogP contribution < -0.4 is 5.32 Å². The summed E-state index contributed by atoms with van der Waals surface area (Å²) in [6, 6.07) is 23.0. The van der Waals surface area contributed by atoms with Crippen molar-refractivity contribution in [3.8, 4) is 0 Å². The number of benzene rings is 3. The van der Waals surface area contributed by atoms with E-state index in [1.54, 1.807) is 12.1 Å². The summed E-state index contributed by atoms with van der Waals surface area (Å²) < 4.78 is 0. The van der Waals surface area contributed by atoms with Crippen molar-refractivity contribution in [3.05, 3.63) is 99.0 Å². The minimum atomic E-state index is -0.172. The van der Waals surface area contributed by atoms with E-state index in [1.807, 2.05) is 60.7 Å². The normalized spacial score (nSPS) is 10.8. The van der Waals surface area contributed by atoms with Crippen LogP contribution in [-0.4, -0.2) is 5.91 Å². The van der Waals surface area contributed by atoms with Crippen molar-refractivity contribution in [2.24, 2.45) is 0 Å². The minimum absolute atomic E-state index is 0.0674. The molecule has 0 bridgehead atoms. The molecule has 132 valence electrons. The van der Waals surface area contributed by atoms with E-state index in [-0.39, 0.29) is 18.2 Å². The van der Waals surface area contributed by atoms with E-state index >= 15 is 0 Å². The summed E-state index contributed by atoms with van der Waals surface area (Å²) in [5.41, 5.74) is 2.52. The van der Waals surface area contributed by atoms with Gasteiger partial charge in [0.1, 0.15) is 0 Å². The lowest BCUT2D eigenvalue weighted by Crippen LogP contribution is -2.17. The van der Waals surface area contributed by atoms with Gasteiger partial charge in [0.15, 0.2) is 0 Å². The average Bonchev–Trinajstić information content (AvgIpc) is 2.64. The maximum atomic E-state index is 12.7. The van der Waals surface area contributed by atoms with Crippen LogP contribution in [0.2, 0.25) is 15.1 Å². The third-order valence-corrected chi connectivity index (χ3v) is 4.88. The zero-order valence-corrected chi connectivity index (χ0v) is 16.0. The second-order valence-electron chi connectivity index (χ2n) is 5.87. The zero-order chi connectivity index (χ0) is 18.5. The van der Waals surface area contributed by atoms with Gasteiger partial charge in [0.2, 0.25) is 5.91 Å². The fraction of sp³-hybridized carbons (Fsp3) is 0.0952. The van der Waals surface area contributed by atoms with E-state index in [0.29, 0.717) is 20.8 Å². The molecule has 0 atom stereocenters. The molecule has 3 rings (SSSR count). The van der Waals surface area contributed by atoms with Crippen molar-refractivity contribution in [3.63, 3.8) is 0 Å². The van der Waals surface area contributed by atoms with Gasteiger partial charge in [-0.2, -0.15) is 0 Å². The van der Waals surface area contributed by atoms with Gasteiger partial charge < -0.3 is 5.32 Å². The van der Waals surface area contributed by atoms with Gasteiger partial charge in [0, 0.05) is 17.4 Å². The molecule has 2 nitrogen and oxygen atoms in total. The van der Waals surface area contributed by atoms with Crippen LogP contribution in [0.1, 0.15) is 23.5 Å². The first-order valence-corrected chi connectivity index (χ1v) is 9.22. The molecule has 26 heavy (non-hydrogen) atoms. The maximum absolute atomic E-state index is 12.7. The van der Waals surface area contributed by atoms with Gasteiger partial charge in [-0.1, -0.05) is 95.5 Å². The molecule has 0 aliphatic heterocycles. The highest BCUT2D eigenvalue weighted by molar-refractivity contribution is 6.42. The topological polar surface area (TPSA) is 29.1 Å². The summed E-state index contributed by atoms with van der Waals surface area (Å²) in [7, 11) is 0. The molecule has 0 aromatic heterocycles. The molecule has 0 aliphatic carbocycles. The predicted molar refractivity (Wildman–Crippen MR) is 109 cm³/mol. The fourth-order valence-corrected chi connectivity index (χ4v) is 3.75. The molecule has 3 aromatic rings. The first-order chi connectivity index (χ1) is 12.5. The third-order valence-electron chi connectivity index (χ3n) is 4.06. The van der Waals surface area contributed by atoms with Gasteiger partial charge in [-0.05, 0) is 23.3 Å². The Hall–Kier alpha value is -2.00. The molecular weight excluding hydrogens is 389 g/mol. The van der Waals surface area contributed by atoms with E-state index in [9.17, 15) is 4.79 Å². The van der Waals surface area contributed by atoms with Gasteiger partial charge in [0.25, 0.3) is 0 Å². The van der Waals surface area contributed by atoms with Crippen molar-refractivity contribution in [2.45, 2.75) is 12.3 Å². The summed E-state index contributed by atoms with van der Waals surface area (Å²) >= 11 is 18.3. The number of anilines is 1. The van der Waals surface area contributed by atoms with Crippen molar-refractivity contribution >= 4 is 46.4 Å². The number of amides is 1. The summed E-state index contributed by atoms with van der Waals surface area (Å²) in [5, 5.41) is 3.86. The molecule has 0 fully saturated rings. The predicted octanol–water partition coefficient (Wildman–Crippen LogP) is 6.81. The molecule has 5 heteroatoms. The van der Waals surface area contributed by atoms with Crippen LogP contribution in [0.3, 0.4) is 0 Å². The quantitative estimate of drug-likeness (QED) is 0.497. The molecule has 0 heterocycles. The Morgan fingerprint density at radius 1 is 0.808 bits per heavy atom. The lowest BCUT2D eigenvalue weighted by molar-refractivity contribution is -0.116. The Kier molecular flexibility index (Phi) is 6.20. The number of rotatable bonds is 5. The van der Waals surface area contributed by atoms with Gasteiger partial charge >= 0.3 is 0 Å². The number of nitrogens with one attached hydrogen (secondary N) is 1. The maximum Gasteiger partial charge on any atom is 0.225 e. The number of hydrogen-bond donors (Lipinski definition) is 1. The number of halogens is 3. The summed E-state index contributed by atoms with van der Waals surface area (Å²) in [5.74, 6) is -0.240. The Morgan fingerprint density at radius 3 is 1.73 bits per heavy atom. The van der Waals surface area contributed by atoms with E-state index < -0.39 is 0 Å². The summed E-state index contributed by atoms with van der Waals surface area (Å²) in [4.78, 5) is 12.7. The van der Waals surface area contributed by atoms with Gasteiger partial charge in [0.05, 0.1) is 15.7 Å². The van der Waals surface area contributed by atoms with E-state index in [4.69, 9.17) is 34.8 Å². The molecule has 1 amide bonds. The van der Waals surface area contributed by atoms with Crippen molar-refractivity contribution in [1.29, 1.82) is 0 Å². The second kappa shape index (κ2) is 8.59. The van der Waals surface area contributed by atoms with Crippen molar-refractivity contribution in [1.82, 2.24) is 0 Å². The first kappa shape index (κ1) is 18.8. The van der Waals surface area contributed by atoms with Crippen LogP contribution in [-0.2, 0) is 4.79 Å². The highest BCUT2D eigenvalue weighted by atomic mass is 35.5. The lowest BCUT2D eigenvalue weighted by Gasteiger charge is -2.18. The largest absolute Gasteiger partial charge is 0.324 e. The first-order valence-electron chi connectivity index (χ1n) is 8.09. The molecule has 0 saturated heterocycles. The van der Waals surface area contributed by atoms with Crippen LogP contribution in [0.25, 0.3) is 0 Å². The molecule has 1 N–H and O–H groups in total. The summed E-state index contributed by atoms with van der Waals surface area (Å²) in [6.07, 6.45) is 0.267. The number of hydrogen-bond acceptors (Lipinski definition) is 1. The van der Waals surface area contributed by atoms with E-state index in [1.165, 1.54) is 0 Å². The standard InChI is InChI=1S/C21H16Cl3NO/c22-16-11-18(23)21(19(24)12-16)25-20(26)13-17(14-7-3-1-4-8-14)15-9-5-2-6-10-15/h1-12,17H,13H2,(H,25,26). The lowest BCUT2D eigenvalue weighted by atomic mass is 9.88. The highest BCUT2D eigenvalue weighted by Crippen LogP contribution is 2.35. The molecule has 3 aromatic carbocycles. The van der Waals surface area contributed by atoms with Crippen molar-refractivity contribution in [2.75, 3.05) is 5.32 Å². The molecule has 0 radical (unpaired) electrons. The van der Waals surface area contributed by atoms with Gasteiger partial charge in [-0.15, -0.1) is 0 Å². The fourth-order valence-electron chi connectivity index (χ4n) is 2.84. The van der Waals surface area contributed by atoms with Crippen LogP contribution in [0.5, 0.6) is 0 Å². The molecule has 0 spiro atoms. The van der Waals surface area contributed by atoms with Gasteiger partial charge in [-0.25, -0.2) is 0 Å². The zero-order valence-electron chi connectivity index (χ0n) is 13.8. The van der Waals surface area contributed by atoms with E-state index in [0.717, 1.165) is 11.1 Å².